The third-order valence-electron chi connectivity index (χ3n) is 7.29. The van der Waals surface area contributed by atoms with Gasteiger partial charge in [-0.15, -0.1) is 0 Å². The van der Waals surface area contributed by atoms with Crippen LogP contribution in [0.4, 0.5) is 25.0 Å². The van der Waals surface area contributed by atoms with E-state index >= 15 is 8.78 Å². The van der Waals surface area contributed by atoms with Crippen LogP contribution in [0.3, 0.4) is 0 Å². The number of benzene rings is 2. The standard InChI is InChI=1S/C29H29F2N5O3/c1-4-35-23-11-22(20-7-5-18(6-8-20)15-34-10-9-19(13-32)16-34)33-14-21(23)17-36(29(35)37)28-26(30)24(38-2)12-25(39-3)27(28)31/h5-8,11-12,14,19H,4,9-10,15-17H2,1-3H3. The lowest BCUT2D eigenvalue weighted by molar-refractivity contribution is 0.249. The van der Waals surface area contributed by atoms with Crippen LogP contribution in [-0.2, 0) is 13.1 Å². The Hall–Kier alpha value is -4.23. The average Bonchev–Trinajstić information content (AvgIpc) is 3.41. The zero-order valence-electron chi connectivity index (χ0n) is 22.1. The largest absolute Gasteiger partial charge is 0.493 e. The van der Waals surface area contributed by atoms with E-state index in [0.717, 1.165) is 48.1 Å². The van der Waals surface area contributed by atoms with Gasteiger partial charge in [-0.05, 0) is 31.5 Å². The lowest BCUT2D eigenvalue weighted by Gasteiger charge is -2.37. The van der Waals surface area contributed by atoms with Crippen molar-refractivity contribution in [2.24, 2.45) is 5.92 Å². The number of aromatic nitrogens is 1. The number of fused-ring (bicyclic) bond motifs is 1. The Morgan fingerprint density at radius 3 is 2.38 bits per heavy atom. The van der Waals surface area contributed by atoms with Crippen molar-refractivity contribution in [3.8, 4) is 28.8 Å². The van der Waals surface area contributed by atoms with Gasteiger partial charge in [0.2, 0.25) is 0 Å². The molecule has 0 bridgehead atoms. The fraction of sp³-hybridized carbons (Fsp3) is 0.345. The summed E-state index contributed by atoms with van der Waals surface area (Å²) in [6.45, 7) is 4.51. The molecule has 0 spiro atoms. The van der Waals surface area contributed by atoms with Gasteiger partial charge in [0.1, 0.15) is 5.69 Å². The highest BCUT2D eigenvalue weighted by atomic mass is 19.1. The van der Waals surface area contributed by atoms with Gasteiger partial charge in [0.25, 0.3) is 0 Å². The highest BCUT2D eigenvalue weighted by Crippen LogP contribution is 2.41. The van der Waals surface area contributed by atoms with Gasteiger partial charge in [0.15, 0.2) is 23.1 Å². The number of halogens is 2. The molecular formula is C29H29F2N5O3. The van der Waals surface area contributed by atoms with E-state index < -0.39 is 23.4 Å². The molecule has 5 rings (SSSR count). The Morgan fingerprint density at radius 2 is 1.79 bits per heavy atom. The minimum atomic E-state index is -0.981. The van der Waals surface area contributed by atoms with E-state index in [0.29, 0.717) is 16.9 Å². The first-order valence-corrected chi connectivity index (χ1v) is 12.8. The van der Waals surface area contributed by atoms with Gasteiger partial charge in [-0.25, -0.2) is 13.6 Å². The number of nitrogens with zero attached hydrogens (tertiary/aromatic N) is 5. The van der Waals surface area contributed by atoms with Crippen molar-refractivity contribution in [2.75, 3.05) is 43.7 Å². The summed E-state index contributed by atoms with van der Waals surface area (Å²) in [5, 5.41) is 9.13. The van der Waals surface area contributed by atoms with Gasteiger partial charge in [-0.1, -0.05) is 24.3 Å². The highest BCUT2D eigenvalue weighted by Gasteiger charge is 2.36. The maximum Gasteiger partial charge on any atom is 0.329 e. The van der Waals surface area contributed by atoms with Gasteiger partial charge in [0, 0.05) is 43.0 Å². The zero-order chi connectivity index (χ0) is 27.7. The van der Waals surface area contributed by atoms with Crippen LogP contribution in [0.5, 0.6) is 11.5 Å². The number of nitriles is 1. The molecule has 202 valence electrons. The van der Waals surface area contributed by atoms with Crippen molar-refractivity contribution >= 4 is 17.4 Å². The summed E-state index contributed by atoms with van der Waals surface area (Å²) in [7, 11) is 2.53. The minimum absolute atomic E-state index is 0.0689. The predicted molar refractivity (Wildman–Crippen MR) is 143 cm³/mol. The second-order valence-corrected chi connectivity index (χ2v) is 9.62. The van der Waals surface area contributed by atoms with Crippen molar-refractivity contribution in [3.05, 3.63) is 65.4 Å². The molecule has 0 aliphatic carbocycles. The van der Waals surface area contributed by atoms with Crippen molar-refractivity contribution in [1.29, 1.82) is 5.26 Å². The van der Waals surface area contributed by atoms with Crippen LogP contribution >= 0.6 is 0 Å². The van der Waals surface area contributed by atoms with Crippen LogP contribution < -0.4 is 19.3 Å². The molecular weight excluding hydrogens is 504 g/mol. The summed E-state index contributed by atoms with van der Waals surface area (Å²) in [6.07, 6.45) is 2.54. The molecule has 2 aliphatic rings. The number of carbonyl (C=O) groups excluding carboxylic acids is 1. The summed E-state index contributed by atoms with van der Waals surface area (Å²) in [5.74, 6) is -2.31. The number of methoxy groups -OCH3 is 2. The highest BCUT2D eigenvalue weighted by molar-refractivity contribution is 6.06. The Kier molecular flexibility index (Phi) is 7.35. The molecule has 1 fully saturated rings. The lowest BCUT2D eigenvalue weighted by atomic mass is 10.0. The molecule has 0 N–H and O–H groups in total. The van der Waals surface area contributed by atoms with E-state index in [2.05, 4.69) is 16.0 Å². The first-order chi connectivity index (χ1) is 18.9. The summed E-state index contributed by atoms with van der Waals surface area (Å²) in [6, 6.07) is 12.8. The average molecular weight is 534 g/mol. The van der Waals surface area contributed by atoms with Crippen LogP contribution in [0.15, 0.2) is 42.6 Å². The van der Waals surface area contributed by atoms with E-state index in [-0.39, 0.29) is 30.5 Å². The maximum atomic E-state index is 15.2. The minimum Gasteiger partial charge on any atom is -0.493 e. The van der Waals surface area contributed by atoms with Gasteiger partial charge >= 0.3 is 6.03 Å². The van der Waals surface area contributed by atoms with Crippen molar-refractivity contribution in [1.82, 2.24) is 9.88 Å². The number of ether oxygens (including phenoxy) is 2. The molecule has 2 aromatic carbocycles. The van der Waals surface area contributed by atoms with Gasteiger partial charge in [0.05, 0.1) is 44.1 Å². The number of urea groups is 1. The second kappa shape index (κ2) is 10.9. The molecule has 1 atom stereocenters. The third kappa shape index (κ3) is 4.86. The monoisotopic (exact) mass is 533 g/mol. The van der Waals surface area contributed by atoms with E-state index in [1.807, 2.05) is 30.3 Å². The van der Waals surface area contributed by atoms with Crippen molar-refractivity contribution in [2.45, 2.75) is 26.4 Å². The van der Waals surface area contributed by atoms with E-state index in [4.69, 9.17) is 14.7 Å². The molecule has 1 saturated heterocycles. The second-order valence-electron chi connectivity index (χ2n) is 9.62. The van der Waals surface area contributed by atoms with Crippen molar-refractivity contribution in [3.63, 3.8) is 0 Å². The van der Waals surface area contributed by atoms with Crippen LogP contribution in [-0.4, -0.2) is 49.8 Å². The number of anilines is 2. The van der Waals surface area contributed by atoms with Crippen LogP contribution in [0.2, 0.25) is 0 Å². The van der Waals surface area contributed by atoms with Gasteiger partial charge in [-0.3, -0.25) is 19.7 Å². The lowest BCUT2D eigenvalue weighted by Crippen LogP contribution is -2.48. The summed E-state index contributed by atoms with van der Waals surface area (Å²) in [4.78, 5) is 22.9. The van der Waals surface area contributed by atoms with Gasteiger partial charge < -0.3 is 9.47 Å². The quantitative estimate of drug-likeness (QED) is 0.407. The predicted octanol–water partition coefficient (Wildman–Crippen LogP) is 5.36. The third-order valence-corrected chi connectivity index (χ3v) is 7.29. The maximum absolute atomic E-state index is 15.2. The number of hydrogen-bond acceptors (Lipinski definition) is 6. The van der Waals surface area contributed by atoms with E-state index in [1.54, 1.807) is 13.1 Å². The number of pyridine rings is 1. The van der Waals surface area contributed by atoms with Crippen LogP contribution in [0.25, 0.3) is 11.3 Å². The Morgan fingerprint density at radius 1 is 1.10 bits per heavy atom. The molecule has 2 amide bonds. The molecule has 10 heteroatoms. The van der Waals surface area contributed by atoms with Gasteiger partial charge in [-0.2, -0.15) is 5.26 Å². The summed E-state index contributed by atoms with van der Waals surface area (Å²) < 4.78 is 40.6. The van der Waals surface area contributed by atoms with E-state index in [9.17, 15) is 4.79 Å². The molecule has 1 aromatic heterocycles. The number of amides is 2. The first-order valence-electron chi connectivity index (χ1n) is 12.8. The number of likely N-dealkylation sites (tertiary alicyclic amines) is 1. The molecule has 0 radical (unpaired) electrons. The molecule has 8 nitrogen and oxygen atoms in total. The number of carbonyl (C=O) groups is 1. The van der Waals surface area contributed by atoms with Crippen LogP contribution in [0.1, 0.15) is 24.5 Å². The smallest absolute Gasteiger partial charge is 0.329 e. The number of rotatable bonds is 7. The topological polar surface area (TPSA) is 81.9 Å². The summed E-state index contributed by atoms with van der Waals surface area (Å²) in [5.41, 5.74) is 3.49. The molecule has 1 unspecified atom stereocenters. The fourth-order valence-corrected chi connectivity index (χ4v) is 5.20. The summed E-state index contributed by atoms with van der Waals surface area (Å²) >= 11 is 0. The Balaban J connectivity index is 1.43. The first kappa shape index (κ1) is 26.4. The molecule has 3 heterocycles. The Labute approximate surface area is 226 Å². The normalized spacial score (nSPS) is 17.2. The van der Waals surface area contributed by atoms with Crippen molar-refractivity contribution < 1.29 is 23.0 Å². The molecule has 3 aromatic rings. The molecule has 0 saturated carbocycles. The molecule has 39 heavy (non-hydrogen) atoms. The Bertz CT molecular complexity index is 1410. The molecule has 2 aliphatic heterocycles. The van der Waals surface area contributed by atoms with E-state index in [1.165, 1.54) is 19.1 Å². The number of hydrogen-bond donors (Lipinski definition) is 0. The zero-order valence-corrected chi connectivity index (χ0v) is 22.1. The SMILES string of the molecule is CCN1C(=O)N(c2c(F)c(OC)cc(OC)c2F)Cc2cnc(-c3ccc(CN4CCC(C#N)C4)cc3)cc21. The van der Waals surface area contributed by atoms with Crippen LogP contribution in [0, 0.1) is 28.9 Å². The fourth-order valence-electron chi connectivity index (χ4n) is 5.20.